The van der Waals surface area contributed by atoms with Gasteiger partial charge < -0.3 is 43.4 Å². The highest BCUT2D eigenvalue weighted by Gasteiger charge is 2.29. The van der Waals surface area contributed by atoms with E-state index in [2.05, 4.69) is 10.6 Å². The van der Waals surface area contributed by atoms with E-state index in [0.29, 0.717) is 0 Å². The molecular formula is C14H24N6O8. The van der Waals surface area contributed by atoms with Crippen molar-refractivity contribution in [3.05, 3.63) is 0 Å². The zero-order valence-electron chi connectivity index (χ0n) is 15.0. The van der Waals surface area contributed by atoms with Crippen LogP contribution in [0.15, 0.2) is 0 Å². The second-order valence-electron chi connectivity index (χ2n) is 5.82. The molecule has 4 unspecified atom stereocenters. The predicted molar refractivity (Wildman–Crippen MR) is 91.8 cm³/mol. The highest BCUT2D eigenvalue weighted by molar-refractivity contribution is 5.96. The number of carboxylic acid groups (broad SMARTS) is 1. The van der Waals surface area contributed by atoms with Crippen molar-refractivity contribution in [3.8, 4) is 0 Å². The van der Waals surface area contributed by atoms with Crippen LogP contribution in [0.3, 0.4) is 0 Å². The number of aliphatic hydroxyl groups excluding tert-OH is 1. The van der Waals surface area contributed by atoms with Gasteiger partial charge in [-0.2, -0.15) is 0 Å². The zero-order valence-corrected chi connectivity index (χ0v) is 15.0. The van der Waals surface area contributed by atoms with Crippen LogP contribution in [-0.2, 0) is 28.8 Å². The first-order valence-corrected chi connectivity index (χ1v) is 7.96. The van der Waals surface area contributed by atoms with Gasteiger partial charge in [0.15, 0.2) is 0 Å². The summed E-state index contributed by atoms with van der Waals surface area (Å²) in [7, 11) is 0. The molecule has 0 spiro atoms. The molecule has 14 heteroatoms. The second-order valence-corrected chi connectivity index (χ2v) is 5.82. The van der Waals surface area contributed by atoms with E-state index in [1.165, 1.54) is 6.92 Å². The van der Waals surface area contributed by atoms with Gasteiger partial charge in [-0.05, 0) is 6.92 Å². The minimum Gasteiger partial charge on any atom is -0.480 e. The molecule has 0 aromatic carbocycles. The smallest absolute Gasteiger partial charge is 0.328 e. The van der Waals surface area contributed by atoms with Gasteiger partial charge in [0.1, 0.15) is 18.1 Å². The van der Waals surface area contributed by atoms with Gasteiger partial charge >= 0.3 is 5.97 Å². The van der Waals surface area contributed by atoms with Gasteiger partial charge in [0.05, 0.1) is 25.5 Å². The van der Waals surface area contributed by atoms with Crippen LogP contribution in [0.25, 0.3) is 0 Å². The lowest BCUT2D eigenvalue weighted by molar-refractivity contribution is -0.143. The predicted octanol–water partition coefficient (Wildman–Crippen LogP) is -5.38. The molecule has 0 aliphatic heterocycles. The fourth-order valence-corrected chi connectivity index (χ4v) is 1.86. The molecule has 0 aromatic rings. The molecule has 0 aliphatic rings. The molecule has 28 heavy (non-hydrogen) atoms. The minimum absolute atomic E-state index is 0.454. The Morgan fingerprint density at radius 2 is 1.32 bits per heavy atom. The molecule has 0 aromatic heterocycles. The van der Waals surface area contributed by atoms with E-state index in [0.717, 1.165) is 0 Å². The van der Waals surface area contributed by atoms with Crippen molar-refractivity contribution >= 4 is 35.5 Å². The normalized spacial score (nSPS) is 14.7. The number of amides is 5. The minimum atomic E-state index is -1.66. The SMILES string of the molecule is CC(NC(=O)C(N)CC(N)=O)C(=O)NC(CC(N)=O)C(=O)NC(CO)C(=O)O. The standard InChI is InChI=1S/C14H24N6O8/c1-5(18-12(25)6(15)2-9(16)22)11(24)19-7(3-10(17)23)13(26)20-8(4-21)14(27)28/h5-8,21H,2-4,15H2,1H3,(H2,16,22)(H2,17,23)(H,18,25)(H,19,24)(H,20,26)(H,27,28). The summed E-state index contributed by atoms with van der Waals surface area (Å²) in [6.45, 7) is 0.305. The first-order chi connectivity index (χ1) is 12.9. The molecule has 158 valence electrons. The lowest BCUT2D eigenvalue weighted by atomic mass is 10.1. The quantitative estimate of drug-likeness (QED) is 0.154. The summed E-state index contributed by atoms with van der Waals surface area (Å²) in [6, 6.07) is -5.75. The third-order valence-electron chi connectivity index (χ3n) is 3.35. The largest absolute Gasteiger partial charge is 0.480 e. The molecule has 0 aliphatic carbocycles. The van der Waals surface area contributed by atoms with E-state index >= 15 is 0 Å². The fourth-order valence-electron chi connectivity index (χ4n) is 1.86. The molecular weight excluding hydrogens is 380 g/mol. The highest BCUT2D eigenvalue weighted by Crippen LogP contribution is 1.97. The number of nitrogens with one attached hydrogen (secondary N) is 3. The van der Waals surface area contributed by atoms with Crippen molar-refractivity contribution in [3.63, 3.8) is 0 Å². The average molecular weight is 404 g/mol. The third-order valence-corrected chi connectivity index (χ3v) is 3.35. The summed E-state index contributed by atoms with van der Waals surface area (Å²) in [6.07, 6.45) is -1.12. The van der Waals surface area contributed by atoms with Crippen LogP contribution in [0.2, 0.25) is 0 Å². The van der Waals surface area contributed by atoms with E-state index in [-0.39, 0.29) is 0 Å². The lowest BCUT2D eigenvalue weighted by Crippen LogP contribution is -2.57. The molecule has 0 radical (unpaired) electrons. The van der Waals surface area contributed by atoms with Crippen molar-refractivity contribution in [1.82, 2.24) is 16.0 Å². The van der Waals surface area contributed by atoms with Gasteiger partial charge in [-0.3, -0.25) is 24.0 Å². The van der Waals surface area contributed by atoms with Crippen LogP contribution >= 0.6 is 0 Å². The molecule has 5 amide bonds. The summed E-state index contributed by atoms with van der Waals surface area (Å²) >= 11 is 0. The molecule has 0 fully saturated rings. The van der Waals surface area contributed by atoms with Crippen molar-refractivity contribution in [2.24, 2.45) is 17.2 Å². The van der Waals surface area contributed by atoms with Crippen molar-refractivity contribution in [2.75, 3.05) is 6.61 Å². The van der Waals surface area contributed by atoms with Crippen LogP contribution in [0, 0.1) is 0 Å². The first kappa shape index (κ1) is 24.7. The highest BCUT2D eigenvalue weighted by atomic mass is 16.4. The van der Waals surface area contributed by atoms with E-state index in [1.54, 1.807) is 0 Å². The Balaban J connectivity index is 5.02. The first-order valence-electron chi connectivity index (χ1n) is 7.96. The van der Waals surface area contributed by atoms with E-state index in [1.807, 2.05) is 5.32 Å². The number of nitrogens with two attached hydrogens (primary N) is 3. The van der Waals surface area contributed by atoms with Crippen molar-refractivity contribution in [1.29, 1.82) is 0 Å². The van der Waals surface area contributed by atoms with Gasteiger partial charge in [0, 0.05) is 0 Å². The third kappa shape index (κ3) is 8.91. The van der Waals surface area contributed by atoms with E-state index in [4.69, 9.17) is 27.4 Å². The summed E-state index contributed by atoms with van der Waals surface area (Å²) in [5, 5.41) is 24.0. The Labute approximate surface area is 159 Å². The molecule has 0 rings (SSSR count). The Morgan fingerprint density at radius 1 is 0.821 bits per heavy atom. The van der Waals surface area contributed by atoms with Gasteiger partial charge in [-0.25, -0.2) is 4.79 Å². The second kappa shape index (κ2) is 11.5. The monoisotopic (exact) mass is 404 g/mol. The molecule has 4 atom stereocenters. The molecule has 0 saturated carbocycles. The topological polar surface area (TPSA) is 257 Å². The fraction of sp³-hybridized carbons (Fsp3) is 0.571. The number of aliphatic hydroxyl groups is 1. The molecule has 0 bridgehead atoms. The van der Waals surface area contributed by atoms with E-state index in [9.17, 15) is 28.8 Å². The van der Waals surface area contributed by atoms with Crippen molar-refractivity contribution < 1.29 is 39.0 Å². The molecule has 0 heterocycles. The number of hydrogen-bond acceptors (Lipinski definition) is 8. The molecule has 14 nitrogen and oxygen atoms in total. The number of primary amides is 2. The summed E-state index contributed by atoms with van der Waals surface area (Å²) < 4.78 is 0. The van der Waals surface area contributed by atoms with Crippen LogP contribution < -0.4 is 33.2 Å². The number of carbonyl (C=O) groups excluding carboxylic acids is 5. The van der Waals surface area contributed by atoms with Crippen molar-refractivity contribution in [2.45, 2.75) is 43.9 Å². The van der Waals surface area contributed by atoms with E-state index < -0.39 is 79.1 Å². The Morgan fingerprint density at radius 3 is 1.75 bits per heavy atom. The maximum atomic E-state index is 12.2. The Bertz CT molecular complexity index is 639. The number of aliphatic carboxylic acids is 1. The van der Waals surface area contributed by atoms with Crippen LogP contribution in [-0.4, -0.2) is 76.5 Å². The van der Waals surface area contributed by atoms with Gasteiger partial charge in [-0.1, -0.05) is 0 Å². The maximum absolute atomic E-state index is 12.2. The summed E-state index contributed by atoms with van der Waals surface area (Å²) in [5.74, 6) is -6.20. The summed E-state index contributed by atoms with van der Waals surface area (Å²) in [5.41, 5.74) is 15.4. The van der Waals surface area contributed by atoms with Crippen LogP contribution in [0.1, 0.15) is 19.8 Å². The van der Waals surface area contributed by atoms with Crippen LogP contribution in [0.4, 0.5) is 0 Å². The maximum Gasteiger partial charge on any atom is 0.328 e. The number of hydrogen-bond donors (Lipinski definition) is 8. The zero-order chi connectivity index (χ0) is 22.0. The molecule has 0 saturated heterocycles. The van der Waals surface area contributed by atoms with Crippen LogP contribution in [0.5, 0.6) is 0 Å². The summed E-state index contributed by atoms with van der Waals surface area (Å²) in [4.78, 5) is 68.8. The Kier molecular flexibility index (Phi) is 10.1. The van der Waals surface area contributed by atoms with Gasteiger partial charge in [0.2, 0.25) is 29.5 Å². The average Bonchev–Trinajstić information content (AvgIpc) is 2.57. The number of carboxylic acids is 1. The van der Waals surface area contributed by atoms with Gasteiger partial charge in [-0.15, -0.1) is 0 Å². The number of rotatable bonds is 12. The Hall–Kier alpha value is -3.26. The number of carbonyl (C=O) groups is 6. The lowest BCUT2D eigenvalue weighted by Gasteiger charge is -2.22. The molecule has 11 N–H and O–H groups in total. The van der Waals surface area contributed by atoms with Gasteiger partial charge in [0.25, 0.3) is 0 Å².